The summed E-state index contributed by atoms with van der Waals surface area (Å²) in [5.74, 6) is -4.55. The lowest BCUT2D eigenvalue weighted by Gasteiger charge is -2.64. The van der Waals surface area contributed by atoms with E-state index in [-0.39, 0.29) is 23.8 Å². The van der Waals surface area contributed by atoms with E-state index in [1.165, 1.54) is 13.0 Å². The molecule has 0 aromatic carbocycles. The average molecular weight is 609 g/mol. The predicted octanol–water partition coefficient (Wildman–Crippen LogP) is 1.39. The highest BCUT2D eigenvalue weighted by Gasteiger charge is 2.72. The fourth-order valence-corrected chi connectivity index (χ4v) is 9.59. The molecule has 1 heterocycles. The molecule has 4 aliphatic carbocycles. The van der Waals surface area contributed by atoms with Crippen LogP contribution in [0.3, 0.4) is 0 Å². The number of fused-ring (bicyclic) bond motifs is 3. The van der Waals surface area contributed by atoms with E-state index in [1.807, 2.05) is 6.92 Å². The number of aliphatic carboxylic acids is 2. The lowest BCUT2D eigenvalue weighted by atomic mass is 9.40. The van der Waals surface area contributed by atoms with Crippen molar-refractivity contribution >= 4 is 17.9 Å². The number of rotatable bonds is 7. The summed E-state index contributed by atoms with van der Waals surface area (Å²) in [6, 6.07) is 0. The smallest absolute Gasteiger partial charge is 0.333 e. The number of carboxylic acid groups (broad SMARTS) is 2. The van der Waals surface area contributed by atoms with Gasteiger partial charge in [0, 0.05) is 17.4 Å². The Balaban J connectivity index is 1.53. The molecule has 12 nitrogen and oxygen atoms in total. The fraction of sp³-hybridized carbons (Fsp3) is 0.774. The van der Waals surface area contributed by atoms with E-state index in [0.29, 0.717) is 19.3 Å². The Morgan fingerprint density at radius 3 is 2.30 bits per heavy atom. The quantitative estimate of drug-likeness (QED) is 0.0799. The molecular formula is C31H44O12. The Kier molecular flexibility index (Phi) is 8.37. The fourth-order valence-electron chi connectivity index (χ4n) is 9.59. The van der Waals surface area contributed by atoms with Gasteiger partial charge in [-0.15, -0.1) is 0 Å². The van der Waals surface area contributed by atoms with Crippen LogP contribution >= 0.6 is 0 Å². The first-order chi connectivity index (χ1) is 20.2. The van der Waals surface area contributed by atoms with E-state index < -0.39 is 96.0 Å². The molecule has 6 N–H and O–H groups in total. The molecule has 5 aliphatic rings. The Bertz CT molecular complexity index is 1180. The lowest BCUT2D eigenvalue weighted by Crippen LogP contribution is -2.66. The number of ether oxygens (including phenoxy) is 3. The van der Waals surface area contributed by atoms with Crippen LogP contribution in [0.1, 0.15) is 65.7 Å². The van der Waals surface area contributed by atoms with E-state index in [4.69, 9.17) is 14.2 Å². The molecule has 1 saturated heterocycles. The molecule has 1 spiro atoms. The van der Waals surface area contributed by atoms with Gasteiger partial charge in [-0.05, 0) is 81.1 Å². The van der Waals surface area contributed by atoms with Crippen molar-refractivity contribution in [1.82, 2.24) is 0 Å². The lowest BCUT2D eigenvalue weighted by molar-refractivity contribution is -0.323. The van der Waals surface area contributed by atoms with Crippen LogP contribution in [0.4, 0.5) is 0 Å². The van der Waals surface area contributed by atoms with E-state index in [2.05, 4.69) is 6.58 Å². The van der Waals surface area contributed by atoms with Crippen LogP contribution in [0.5, 0.6) is 0 Å². The maximum Gasteiger partial charge on any atom is 0.333 e. The van der Waals surface area contributed by atoms with Crippen molar-refractivity contribution in [3.8, 4) is 0 Å². The summed E-state index contributed by atoms with van der Waals surface area (Å²) < 4.78 is 17.5. The maximum absolute atomic E-state index is 13.0. The Labute approximate surface area is 250 Å². The normalized spacial score (nSPS) is 45.6. The molecule has 7 unspecified atom stereocenters. The number of allylic oxidation sites excluding steroid dienone is 1. The number of aliphatic hydroxyl groups excluding tert-OH is 4. The van der Waals surface area contributed by atoms with Crippen molar-refractivity contribution in [3.63, 3.8) is 0 Å². The highest BCUT2D eigenvalue weighted by molar-refractivity contribution is 5.99. The summed E-state index contributed by atoms with van der Waals surface area (Å²) in [5, 5.41) is 63.7. The summed E-state index contributed by atoms with van der Waals surface area (Å²) in [5.41, 5.74) is -2.64. The van der Waals surface area contributed by atoms with Crippen LogP contribution in [0.25, 0.3) is 0 Å². The van der Waals surface area contributed by atoms with Gasteiger partial charge in [0.05, 0.1) is 18.8 Å². The molecule has 5 rings (SSSR count). The van der Waals surface area contributed by atoms with Crippen LogP contribution in [-0.2, 0) is 28.6 Å². The van der Waals surface area contributed by atoms with Gasteiger partial charge in [-0.25, -0.2) is 4.79 Å². The predicted molar refractivity (Wildman–Crippen MR) is 148 cm³/mol. The highest BCUT2D eigenvalue weighted by Crippen LogP contribution is 2.72. The first kappa shape index (κ1) is 32.1. The van der Waals surface area contributed by atoms with Crippen LogP contribution in [0, 0.1) is 34.0 Å². The standard InChI is InChI=1S/C31H44O12/c1-5-14(2)25(36)43-23-22(34)21(33)18(13-32)42-26(23)41-17-11-29(4)19-7-6-16-10-30(19,24(35)15(16)3)9-8-20(29)31(12-17,27(37)38)28(39)40/h5,16-24,26,32-35H,3,6-13H2,1-2,4H3,(H,37,38)(H,39,40)/b14-5-/t16?,17-,18?,19-,20?,21?,22?,23?,24-,26?,29-,30+/m0/s1. The zero-order valence-electron chi connectivity index (χ0n) is 24.8. The van der Waals surface area contributed by atoms with Crippen LogP contribution in [-0.4, -0.2) is 98.1 Å². The van der Waals surface area contributed by atoms with Crippen molar-refractivity contribution in [2.75, 3.05) is 6.61 Å². The van der Waals surface area contributed by atoms with Crippen LogP contribution in [0.2, 0.25) is 0 Å². The summed E-state index contributed by atoms with van der Waals surface area (Å²) in [7, 11) is 0. The third kappa shape index (κ3) is 4.67. The van der Waals surface area contributed by atoms with Crippen molar-refractivity contribution in [3.05, 3.63) is 23.8 Å². The zero-order chi connectivity index (χ0) is 31.6. The minimum absolute atomic E-state index is 0.167. The van der Waals surface area contributed by atoms with Gasteiger partial charge in [0.25, 0.3) is 0 Å². The topological polar surface area (TPSA) is 200 Å². The third-order valence-electron chi connectivity index (χ3n) is 11.8. The van der Waals surface area contributed by atoms with Crippen molar-refractivity contribution < 1.29 is 59.2 Å². The number of carbonyl (C=O) groups is 3. The largest absolute Gasteiger partial charge is 0.480 e. The molecule has 0 amide bonds. The number of aliphatic hydroxyl groups is 4. The van der Waals surface area contributed by atoms with Gasteiger partial charge < -0.3 is 44.8 Å². The van der Waals surface area contributed by atoms with E-state index in [1.54, 1.807) is 6.92 Å². The second-order valence-electron chi connectivity index (χ2n) is 13.6. The summed E-state index contributed by atoms with van der Waals surface area (Å²) in [4.78, 5) is 38.6. The number of carbonyl (C=O) groups excluding carboxylic acids is 1. The molecule has 12 heteroatoms. The van der Waals surface area contributed by atoms with Crippen molar-refractivity contribution in [2.45, 2.75) is 109 Å². The van der Waals surface area contributed by atoms with E-state index >= 15 is 0 Å². The molecule has 0 aromatic heterocycles. The second-order valence-corrected chi connectivity index (χ2v) is 13.6. The van der Waals surface area contributed by atoms with Crippen molar-refractivity contribution in [2.24, 2.45) is 34.0 Å². The molecule has 12 atom stereocenters. The third-order valence-corrected chi connectivity index (χ3v) is 11.8. The molecule has 0 radical (unpaired) electrons. The molecule has 0 aromatic rings. The van der Waals surface area contributed by atoms with Gasteiger partial charge in [-0.1, -0.05) is 19.6 Å². The minimum atomic E-state index is -2.21. The molecule has 2 bridgehead atoms. The average Bonchev–Trinajstić information content (AvgIpc) is 3.14. The molecule has 1 aliphatic heterocycles. The molecule has 4 saturated carbocycles. The van der Waals surface area contributed by atoms with Gasteiger partial charge >= 0.3 is 17.9 Å². The van der Waals surface area contributed by atoms with E-state index in [0.717, 1.165) is 18.4 Å². The van der Waals surface area contributed by atoms with Gasteiger partial charge in [-0.3, -0.25) is 9.59 Å². The van der Waals surface area contributed by atoms with Crippen LogP contribution < -0.4 is 0 Å². The SMILES string of the molecule is C=C1C2CC[C@@H]3[C@@](CCC4C(C(=O)O)(C(=O)O)C[C@@H](OC5OC(CO)C(O)C(O)C5OC(=O)/C(C)=C\C)C[C@]43C)(C2)[C@H]1O. The number of hydrogen-bond acceptors (Lipinski definition) is 10. The van der Waals surface area contributed by atoms with Gasteiger partial charge in [-0.2, -0.15) is 0 Å². The minimum Gasteiger partial charge on any atom is -0.480 e. The second kappa shape index (κ2) is 11.2. The van der Waals surface area contributed by atoms with Gasteiger partial charge in [0.1, 0.15) is 18.3 Å². The van der Waals surface area contributed by atoms with Crippen LogP contribution in [0.15, 0.2) is 23.8 Å². The first-order valence-electron chi connectivity index (χ1n) is 15.1. The Morgan fingerprint density at radius 2 is 1.70 bits per heavy atom. The Morgan fingerprint density at radius 1 is 1.02 bits per heavy atom. The number of hydrogen-bond donors (Lipinski definition) is 6. The van der Waals surface area contributed by atoms with Gasteiger partial charge in [0.2, 0.25) is 0 Å². The highest BCUT2D eigenvalue weighted by atomic mass is 16.7. The molecule has 43 heavy (non-hydrogen) atoms. The summed E-state index contributed by atoms with van der Waals surface area (Å²) >= 11 is 0. The zero-order valence-corrected chi connectivity index (χ0v) is 24.8. The van der Waals surface area contributed by atoms with Gasteiger partial charge in [0.15, 0.2) is 17.8 Å². The molecular weight excluding hydrogens is 564 g/mol. The maximum atomic E-state index is 13.0. The van der Waals surface area contributed by atoms with E-state index in [9.17, 15) is 45.0 Å². The van der Waals surface area contributed by atoms with Crippen molar-refractivity contribution in [1.29, 1.82) is 0 Å². The molecule has 240 valence electrons. The molecule has 5 fully saturated rings. The first-order valence-corrected chi connectivity index (χ1v) is 15.1. The number of esters is 1. The summed E-state index contributed by atoms with van der Waals surface area (Å²) in [6.45, 7) is 8.48. The monoisotopic (exact) mass is 608 g/mol. The number of carboxylic acids is 2. The summed E-state index contributed by atoms with van der Waals surface area (Å²) in [6.07, 6.45) is -5.27. The Hall–Kier alpha value is -2.35.